The molecule has 1 saturated carbocycles. The van der Waals surface area contributed by atoms with Crippen molar-refractivity contribution in [2.24, 2.45) is 0 Å². The zero-order valence-corrected chi connectivity index (χ0v) is 13.3. The first-order valence-electron chi connectivity index (χ1n) is 7.30. The van der Waals surface area contributed by atoms with Crippen molar-refractivity contribution in [3.8, 4) is 16.9 Å². The van der Waals surface area contributed by atoms with E-state index >= 15 is 0 Å². The number of benzene rings is 2. The molecule has 1 fully saturated rings. The first kappa shape index (κ1) is 15.1. The monoisotopic (exact) mass is 317 g/mol. The maximum Gasteiger partial charge on any atom is 0.209 e. The molecule has 2 aromatic carbocycles. The van der Waals surface area contributed by atoms with Crippen LogP contribution < -0.4 is 9.46 Å². The van der Waals surface area contributed by atoms with E-state index in [1.165, 1.54) is 0 Å². The molecule has 0 saturated heterocycles. The Morgan fingerprint density at radius 3 is 2.45 bits per heavy atom. The van der Waals surface area contributed by atoms with Crippen molar-refractivity contribution < 1.29 is 13.2 Å². The molecule has 0 bridgehead atoms. The molecular formula is C17H19NO3S. The van der Waals surface area contributed by atoms with E-state index in [1.807, 2.05) is 48.5 Å². The van der Waals surface area contributed by atoms with E-state index in [-0.39, 0.29) is 0 Å². The third-order valence-electron chi connectivity index (χ3n) is 3.48. The summed E-state index contributed by atoms with van der Waals surface area (Å²) >= 11 is 0. The van der Waals surface area contributed by atoms with Gasteiger partial charge in [-0.1, -0.05) is 30.3 Å². The number of nitrogens with one attached hydrogen (secondary N) is 1. The number of rotatable bonds is 6. The average molecular weight is 317 g/mol. The van der Waals surface area contributed by atoms with Gasteiger partial charge in [-0.05, 0) is 47.7 Å². The van der Waals surface area contributed by atoms with Gasteiger partial charge < -0.3 is 4.74 Å². The van der Waals surface area contributed by atoms with Crippen LogP contribution in [0.3, 0.4) is 0 Å². The summed E-state index contributed by atoms with van der Waals surface area (Å²) in [5, 5.41) is 0. The van der Waals surface area contributed by atoms with Crippen LogP contribution in [0.1, 0.15) is 18.4 Å². The predicted molar refractivity (Wildman–Crippen MR) is 87.2 cm³/mol. The molecule has 22 heavy (non-hydrogen) atoms. The van der Waals surface area contributed by atoms with Gasteiger partial charge in [0.05, 0.1) is 12.4 Å². The molecule has 1 N–H and O–H groups in total. The molecular weight excluding hydrogens is 298 g/mol. The van der Waals surface area contributed by atoms with Crippen LogP contribution in [0, 0.1) is 0 Å². The highest BCUT2D eigenvalue weighted by Crippen LogP contribution is 2.28. The van der Waals surface area contributed by atoms with Crippen LogP contribution in [0.15, 0.2) is 48.5 Å². The number of hydrogen-bond donors (Lipinski definition) is 1. The van der Waals surface area contributed by atoms with E-state index in [0.29, 0.717) is 12.6 Å². The van der Waals surface area contributed by atoms with Crippen molar-refractivity contribution in [2.75, 3.05) is 6.26 Å². The quantitative estimate of drug-likeness (QED) is 0.891. The van der Waals surface area contributed by atoms with E-state index in [1.54, 1.807) is 0 Å². The lowest BCUT2D eigenvalue weighted by atomic mass is 10.0. The second-order valence-corrected chi connectivity index (χ2v) is 7.47. The molecule has 0 unspecified atom stereocenters. The molecule has 5 heteroatoms. The Hall–Kier alpha value is -1.85. The largest absolute Gasteiger partial charge is 0.490 e. The summed E-state index contributed by atoms with van der Waals surface area (Å²) < 4.78 is 30.6. The maximum atomic E-state index is 11.2. The Balaban J connectivity index is 1.73. The third kappa shape index (κ3) is 4.32. The van der Waals surface area contributed by atoms with Crippen LogP contribution in [-0.2, 0) is 16.6 Å². The van der Waals surface area contributed by atoms with E-state index < -0.39 is 10.0 Å². The Morgan fingerprint density at radius 2 is 1.82 bits per heavy atom. The Morgan fingerprint density at radius 1 is 1.09 bits per heavy atom. The summed E-state index contributed by atoms with van der Waals surface area (Å²) in [5.41, 5.74) is 3.08. The number of sulfonamides is 1. The van der Waals surface area contributed by atoms with Crippen molar-refractivity contribution in [2.45, 2.75) is 25.5 Å². The molecule has 0 atom stereocenters. The van der Waals surface area contributed by atoms with Crippen molar-refractivity contribution in [3.05, 3.63) is 54.1 Å². The minimum Gasteiger partial charge on any atom is -0.490 e. The van der Waals surface area contributed by atoms with Gasteiger partial charge in [-0.2, -0.15) is 0 Å². The second kappa shape index (κ2) is 6.10. The fourth-order valence-electron chi connectivity index (χ4n) is 2.18. The highest BCUT2D eigenvalue weighted by Gasteiger charge is 2.23. The average Bonchev–Trinajstić information content (AvgIpc) is 3.30. The zero-order valence-electron chi connectivity index (χ0n) is 12.5. The standard InChI is InChI=1S/C17H19NO3S/c1-22(19,20)18-12-13-3-2-4-15(11-13)14-5-7-16(8-6-14)21-17-9-10-17/h2-8,11,17-18H,9-10,12H2,1H3. The van der Waals surface area contributed by atoms with Crippen molar-refractivity contribution in [3.63, 3.8) is 0 Å². The maximum absolute atomic E-state index is 11.2. The van der Waals surface area contributed by atoms with Gasteiger partial charge >= 0.3 is 0 Å². The Labute approximate surface area is 131 Å². The summed E-state index contributed by atoms with van der Waals surface area (Å²) in [6.45, 7) is 0.301. The normalized spacial score (nSPS) is 14.8. The lowest BCUT2D eigenvalue weighted by Crippen LogP contribution is -2.21. The van der Waals surface area contributed by atoms with E-state index in [2.05, 4.69) is 4.72 Å². The third-order valence-corrected chi connectivity index (χ3v) is 4.15. The van der Waals surface area contributed by atoms with E-state index in [9.17, 15) is 8.42 Å². The molecule has 4 nitrogen and oxygen atoms in total. The van der Waals surface area contributed by atoms with Crippen LogP contribution in [0.4, 0.5) is 0 Å². The summed E-state index contributed by atoms with van der Waals surface area (Å²) in [5.74, 6) is 0.904. The summed E-state index contributed by atoms with van der Waals surface area (Å²) in [6.07, 6.45) is 3.86. The van der Waals surface area contributed by atoms with Gasteiger partial charge in [0.1, 0.15) is 5.75 Å². The smallest absolute Gasteiger partial charge is 0.209 e. The summed E-state index contributed by atoms with van der Waals surface area (Å²) in [6, 6.07) is 15.9. The van der Waals surface area contributed by atoms with Crippen LogP contribution in [0.5, 0.6) is 5.75 Å². The molecule has 0 aliphatic heterocycles. The molecule has 1 aliphatic rings. The fraction of sp³-hybridized carbons (Fsp3) is 0.294. The molecule has 116 valence electrons. The molecule has 0 aromatic heterocycles. The first-order valence-corrected chi connectivity index (χ1v) is 9.19. The Kier molecular flexibility index (Phi) is 4.18. The number of hydrogen-bond acceptors (Lipinski definition) is 3. The van der Waals surface area contributed by atoms with Crippen LogP contribution >= 0.6 is 0 Å². The van der Waals surface area contributed by atoms with Gasteiger partial charge in [-0.15, -0.1) is 0 Å². The van der Waals surface area contributed by atoms with Gasteiger partial charge in [-0.25, -0.2) is 13.1 Å². The van der Waals surface area contributed by atoms with Crippen molar-refractivity contribution in [1.82, 2.24) is 4.72 Å². The van der Waals surface area contributed by atoms with E-state index in [4.69, 9.17) is 4.74 Å². The molecule has 0 spiro atoms. The minimum absolute atomic E-state index is 0.301. The first-order chi connectivity index (χ1) is 10.5. The van der Waals surface area contributed by atoms with Crippen molar-refractivity contribution in [1.29, 1.82) is 0 Å². The van der Waals surface area contributed by atoms with Crippen LogP contribution in [-0.4, -0.2) is 20.8 Å². The lowest BCUT2D eigenvalue weighted by molar-refractivity contribution is 0.303. The second-order valence-electron chi connectivity index (χ2n) is 5.64. The van der Waals surface area contributed by atoms with Gasteiger partial charge in [0, 0.05) is 6.54 Å². The van der Waals surface area contributed by atoms with Crippen LogP contribution in [0.2, 0.25) is 0 Å². The molecule has 0 amide bonds. The Bertz CT molecular complexity index is 750. The predicted octanol–water partition coefficient (Wildman–Crippen LogP) is 2.94. The molecule has 3 rings (SSSR count). The molecule has 0 radical (unpaired) electrons. The lowest BCUT2D eigenvalue weighted by Gasteiger charge is -2.08. The zero-order chi connectivity index (χ0) is 15.6. The van der Waals surface area contributed by atoms with Gasteiger partial charge in [0.25, 0.3) is 0 Å². The molecule has 2 aromatic rings. The molecule has 1 aliphatic carbocycles. The summed E-state index contributed by atoms with van der Waals surface area (Å²) in [4.78, 5) is 0. The highest BCUT2D eigenvalue weighted by molar-refractivity contribution is 7.88. The minimum atomic E-state index is -3.18. The molecule has 0 heterocycles. The summed E-state index contributed by atoms with van der Waals surface area (Å²) in [7, 11) is -3.18. The van der Waals surface area contributed by atoms with Gasteiger partial charge in [0.2, 0.25) is 10.0 Å². The van der Waals surface area contributed by atoms with Gasteiger partial charge in [0.15, 0.2) is 0 Å². The fourth-order valence-corrected chi connectivity index (χ4v) is 2.61. The number of ether oxygens (including phenoxy) is 1. The van der Waals surface area contributed by atoms with E-state index in [0.717, 1.165) is 41.5 Å². The van der Waals surface area contributed by atoms with Gasteiger partial charge in [-0.3, -0.25) is 0 Å². The van der Waals surface area contributed by atoms with Crippen molar-refractivity contribution >= 4 is 10.0 Å². The highest BCUT2D eigenvalue weighted by atomic mass is 32.2. The van der Waals surface area contributed by atoms with Crippen LogP contribution in [0.25, 0.3) is 11.1 Å². The SMILES string of the molecule is CS(=O)(=O)NCc1cccc(-c2ccc(OC3CC3)cc2)c1. The topological polar surface area (TPSA) is 55.4 Å².